The van der Waals surface area contributed by atoms with E-state index in [0.717, 1.165) is 10.2 Å². The van der Waals surface area contributed by atoms with E-state index in [1.165, 1.54) is 0 Å². The molecule has 0 aliphatic carbocycles. The monoisotopic (exact) mass is 323 g/mol. The standard InChI is InChI=1S/C18H17N3O3/c1-13(14-7-3-2-4-8-14)11-17(22)24-12-21-18(23)15-9-5-6-10-16(15)19-20-21/h2-10,13H,11-12H2,1H3/t13-/m1/s1. The number of rotatable bonds is 5. The molecule has 1 heterocycles. The second-order valence-electron chi connectivity index (χ2n) is 5.57. The zero-order chi connectivity index (χ0) is 16.9. The molecule has 0 saturated carbocycles. The predicted octanol–water partition coefficient (Wildman–Crippen LogP) is 2.49. The van der Waals surface area contributed by atoms with Crippen LogP contribution >= 0.6 is 0 Å². The first kappa shape index (κ1) is 15.9. The Kier molecular flexibility index (Phi) is 4.65. The molecule has 3 rings (SSSR count). The minimum absolute atomic E-state index is 0.0399. The van der Waals surface area contributed by atoms with Gasteiger partial charge in [0.05, 0.1) is 11.8 Å². The van der Waals surface area contributed by atoms with Crippen LogP contribution in [0.5, 0.6) is 0 Å². The third-order valence-electron chi connectivity index (χ3n) is 3.82. The summed E-state index contributed by atoms with van der Waals surface area (Å²) in [4.78, 5) is 24.2. The van der Waals surface area contributed by atoms with Crippen LogP contribution in [0.25, 0.3) is 10.9 Å². The van der Waals surface area contributed by atoms with Crippen LogP contribution in [-0.2, 0) is 16.3 Å². The van der Waals surface area contributed by atoms with Crippen molar-refractivity contribution >= 4 is 16.9 Å². The first-order valence-electron chi connectivity index (χ1n) is 7.68. The quantitative estimate of drug-likeness (QED) is 0.674. The fraction of sp³-hybridized carbons (Fsp3) is 0.222. The average molecular weight is 323 g/mol. The van der Waals surface area contributed by atoms with Gasteiger partial charge >= 0.3 is 5.97 Å². The van der Waals surface area contributed by atoms with Crippen molar-refractivity contribution in [3.63, 3.8) is 0 Å². The van der Waals surface area contributed by atoms with Gasteiger partial charge in [0.2, 0.25) is 0 Å². The lowest BCUT2D eigenvalue weighted by Crippen LogP contribution is -2.26. The van der Waals surface area contributed by atoms with Crippen molar-refractivity contribution in [2.45, 2.75) is 26.0 Å². The molecule has 1 atom stereocenters. The summed E-state index contributed by atoms with van der Waals surface area (Å²) in [5.41, 5.74) is 1.25. The van der Waals surface area contributed by atoms with Crippen LogP contribution in [0.15, 0.2) is 59.4 Å². The molecule has 0 amide bonds. The Hall–Kier alpha value is -3.02. The summed E-state index contributed by atoms with van der Waals surface area (Å²) in [6, 6.07) is 16.6. The summed E-state index contributed by atoms with van der Waals surface area (Å²) < 4.78 is 6.22. The van der Waals surface area contributed by atoms with E-state index in [0.29, 0.717) is 10.9 Å². The second kappa shape index (κ2) is 7.04. The highest BCUT2D eigenvalue weighted by molar-refractivity contribution is 5.76. The van der Waals surface area contributed by atoms with E-state index in [2.05, 4.69) is 10.3 Å². The van der Waals surface area contributed by atoms with E-state index in [9.17, 15) is 9.59 Å². The van der Waals surface area contributed by atoms with Crippen molar-refractivity contribution in [3.05, 3.63) is 70.5 Å². The highest BCUT2D eigenvalue weighted by atomic mass is 16.5. The number of carbonyl (C=O) groups excluding carboxylic acids is 1. The zero-order valence-electron chi connectivity index (χ0n) is 13.3. The lowest BCUT2D eigenvalue weighted by molar-refractivity contribution is -0.148. The number of aromatic nitrogens is 3. The molecule has 0 aliphatic heterocycles. The number of hydrogen-bond donors (Lipinski definition) is 0. The maximum atomic E-state index is 12.3. The summed E-state index contributed by atoms with van der Waals surface area (Å²) >= 11 is 0. The maximum Gasteiger partial charge on any atom is 0.308 e. The predicted molar refractivity (Wildman–Crippen MR) is 89.4 cm³/mol. The van der Waals surface area contributed by atoms with Crippen LogP contribution in [-0.4, -0.2) is 21.0 Å². The van der Waals surface area contributed by atoms with Gasteiger partial charge in [-0.1, -0.05) is 54.6 Å². The van der Waals surface area contributed by atoms with Gasteiger partial charge in [-0.2, -0.15) is 4.68 Å². The highest BCUT2D eigenvalue weighted by Gasteiger charge is 2.13. The molecule has 0 unspecified atom stereocenters. The Bertz CT molecular complexity index is 906. The Balaban J connectivity index is 1.64. The minimum atomic E-state index is -0.381. The molecular weight excluding hydrogens is 306 g/mol. The van der Waals surface area contributed by atoms with Crippen LogP contribution in [0.4, 0.5) is 0 Å². The van der Waals surface area contributed by atoms with Crippen molar-refractivity contribution in [3.8, 4) is 0 Å². The first-order valence-corrected chi connectivity index (χ1v) is 7.68. The van der Waals surface area contributed by atoms with E-state index < -0.39 is 0 Å². The molecule has 0 radical (unpaired) electrons. The van der Waals surface area contributed by atoms with Crippen molar-refractivity contribution in [1.29, 1.82) is 0 Å². The molecule has 24 heavy (non-hydrogen) atoms. The molecule has 6 heteroatoms. The van der Waals surface area contributed by atoms with Crippen LogP contribution in [0.3, 0.4) is 0 Å². The summed E-state index contributed by atoms with van der Waals surface area (Å²) in [5.74, 6) is -0.341. The van der Waals surface area contributed by atoms with E-state index >= 15 is 0 Å². The van der Waals surface area contributed by atoms with Gasteiger partial charge in [-0.15, -0.1) is 5.10 Å². The largest absolute Gasteiger partial charge is 0.442 e. The molecule has 2 aromatic carbocycles. The van der Waals surface area contributed by atoms with E-state index in [1.807, 2.05) is 37.3 Å². The van der Waals surface area contributed by atoms with Gasteiger partial charge in [0, 0.05) is 0 Å². The maximum absolute atomic E-state index is 12.3. The van der Waals surface area contributed by atoms with Crippen LogP contribution in [0.1, 0.15) is 24.8 Å². The van der Waals surface area contributed by atoms with Crippen molar-refractivity contribution in [1.82, 2.24) is 15.0 Å². The van der Waals surface area contributed by atoms with E-state index in [1.54, 1.807) is 24.3 Å². The third kappa shape index (κ3) is 3.48. The first-order chi connectivity index (χ1) is 11.6. The molecule has 0 spiro atoms. The molecule has 0 saturated heterocycles. The molecule has 0 aliphatic rings. The SMILES string of the molecule is C[C@H](CC(=O)OCn1nnc2ccccc2c1=O)c1ccccc1. The molecule has 0 bridgehead atoms. The molecule has 1 aromatic heterocycles. The number of benzene rings is 2. The Morgan fingerprint density at radius 3 is 2.62 bits per heavy atom. The summed E-state index contributed by atoms with van der Waals surface area (Å²) in [7, 11) is 0. The Morgan fingerprint density at radius 1 is 1.12 bits per heavy atom. The van der Waals surface area contributed by atoms with Gasteiger partial charge in [0.25, 0.3) is 5.56 Å². The summed E-state index contributed by atoms with van der Waals surface area (Å²) in [6.07, 6.45) is 0.236. The third-order valence-corrected chi connectivity index (χ3v) is 3.82. The molecule has 0 fully saturated rings. The topological polar surface area (TPSA) is 74.1 Å². The normalized spacial score (nSPS) is 12.0. The molecular formula is C18H17N3O3. The van der Waals surface area contributed by atoms with Gasteiger partial charge < -0.3 is 4.74 Å². The molecule has 3 aromatic rings. The molecule has 6 nitrogen and oxygen atoms in total. The average Bonchev–Trinajstić information content (AvgIpc) is 2.62. The summed E-state index contributed by atoms with van der Waals surface area (Å²) in [5, 5.41) is 8.19. The number of hydrogen-bond acceptors (Lipinski definition) is 5. The van der Waals surface area contributed by atoms with Gasteiger partial charge in [-0.05, 0) is 23.6 Å². The van der Waals surface area contributed by atoms with Gasteiger partial charge in [0.15, 0.2) is 6.73 Å². The molecule has 122 valence electrons. The minimum Gasteiger partial charge on any atom is -0.442 e. The highest BCUT2D eigenvalue weighted by Crippen LogP contribution is 2.18. The number of fused-ring (bicyclic) bond motifs is 1. The lowest BCUT2D eigenvalue weighted by Gasteiger charge is -2.11. The van der Waals surface area contributed by atoms with Gasteiger partial charge in [0.1, 0.15) is 5.52 Å². The Labute approximate surface area is 138 Å². The van der Waals surface area contributed by atoms with Crippen LogP contribution in [0, 0.1) is 0 Å². The van der Waals surface area contributed by atoms with Crippen molar-refractivity contribution < 1.29 is 9.53 Å². The summed E-state index contributed by atoms with van der Waals surface area (Å²) in [6.45, 7) is 1.72. The molecule has 0 N–H and O–H groups in total. The fourth-order valence-electron chi connectivity index (χ4n) is 2.45. The second-order valence-corrected chi connectivity index (χ2v) is 5.57. The van der Waals surface area contributed by atoms with Crippen LogP contribution < -0.4 is 5.56 Å². The zero-order valence-corrected chi connectivity index (χ0v) is 13.3. The fourth-order valence-corrected chi connectivity index (χ4v) is 2.45. The van der Waals surface area contributed by atoms with Crippen molar-refractivity contribution in [2.24, 2.45) is 0 Å². The van der Waals surface area contributed by atoms with E-state index in [4.69, 9.17) is 4.74 Å². The number of carbonyl (C=O) groups is 1. The van der Waals surface area contributed by atoms with Gasteiger partial charge in [-0.25, -0.2) is 0 Å². The van der Waals surface area contributed by atoms with Gasteiger partial charge in [-0.3, -0.25) is 9.59 Å². The van der Waals surface area contributed by atoms with Crippen molar-refractivity contribution in [2.75, 3.05) is 0 Å². The smallest absolute Gasteiger partial charge is 0.308 e. The lowest BCUT2D eigenvalue weighted by atomic mass is 9.98. The van der Waals surface area contributed by atoms with Crippen LogP contribution in [0.2, 0.25) is 0 Å². The number of esters is 1. The number of ether oxygens (including phenoxy) is 1. The number of nitrogens with zero attached hydrogens (tertiary/aromatic N) is 3. The Morgan fingerprint density at radius 2 is 1.83 bits per heavy atom. The van der Waals surface area contributed by atoms with E-state index in [-0.39, 0.29) is 30.6 Å².